The number of nitrogens with one attached hydrogen (secondary N) is 3. The van der Waals surface area contributed by atoms with Crippen molar-refractivity contribution >= 4 is 50.3 Å². The average molecular weight is 426 g/mol. The molecular formula is C21H22N4O4S. The van der Waals surface area contributed by atoms with Crippen molar-refractivity contribution in [2.24, 2.45) is 0 Å². The lowest BCUT2D eigenvalue weighted by Crippen LogP contribution is -2.26. The van der Waals surface area contributed by atoms with Gasteiger partial charge in [-0.25, -0.2) is 9.78 Å². The predicted octanol–water partition coefficient (Wildman–Crippen LogP) is 3.90. The summed E-state index contributed by atoms with van der Waals surface area (Å²) in [5.74, 6) is -0.333. The van der Waals surface area contributed by atoms with Crippen LogP contribution in [0.5, 0.6) is 0 Å². The summed E-state index contributed by atoms with van der Waals surface area (Å²) in [7, 11) is 0. The van der Waals surface area contributed by atoms with Crippen LogP contribution in [0.3, 0.4) is 0 Å². The summed E-state index contributed by atoms with van der Waals surface area (Å²) in [4.78, 5) is 39.3. The number of rotatable bonds is 8. The molecule has 0 spiro atoms. The van der Waals surface area contributed by atoms with Crippen LogP contribution in [0.1, 0.15) is 25.3 Å². The molecule has 0 aliphatic heterocycles. The second kappa shape index (κ2) is 10.4. The molecule has 9 heteroatoms. The molecule has 0 atom stereocenters. The molecule has 0 unspecified atom stereocenters. The van der Waals surface area contributed by atoms with Gasteiger partial charge in [-0.15, -0.1) is 0 Å². The Labute approximate surface area is 177 Å². The molecule has 3 N–H and O–H groups in total. The van der Waals surface area contributed by atoms with E-state index in [0.29, 0.717) is 23.8 Å². The molecule has 8 nitrogen and oxygen atoms in total. The first kappa shape index (κ1) is 21.3. The second-order valence-electron chi connectivity index (χ2n) is 6.52. The van der Waals surface area contributed by atoms with E-state index < -0.39 is 6.09 Å². The minimum atomic E-state index is -0.509. The van der Waals surface area contributed by atoms with Gasteiger partial charge in [0.15, 0.2) is 5.13 Å². The number of carbonyl (C=O) groups is 3. The Hall–Kier alpha value is -3.46. The fourth-order valence-corrected chi connectivity index (χ4v) is 3.59. The van der Waals surface area contributed by atoms with E-state index >= 15 is 0 Å². The van der Waals surface area contributed by atoms with E-state index in [1.807, 2.05) is 36.4 Å². The van der Waals surface area contributed by atoms with Crippen LogP contribution in [0.25, 0.3) is 10.2 Å². The average Bonchev–Trinajstić information content (AvgIpc) is 3.11. The zero-order valence-corrected chi connectivity index (χ0v) is 17.3. The topological polar surface area (TPSA) is 109 Å². The highest BCUT2D eigenvalue weighted by molar-refractivity contribution is 7.22. The van der Waals surface area contributed by atoms with Gasteiger partial charge < -0.3 is 20.7 Å². The van der Waals surface area contributed by atoms with Crippen LogP contribution in [0.15, 0.2) is 48.5 Å². The van der Waals surface area contributed by atoms with E-state index in [4.69, 9.17) is 4.74 Å². The third-order valence-electron chi connectivity index (χ3n) is 4.02. The van der Waals surface area contributed by atoms with Crippen molar-refractivity contribution in [2.75, 3.05) is 17.2 Å². The van der Waals surface area contributed by atoms with E-state index in [2.05, 4.69) is 20.9 Å². The maximum atomic E-state index is 12.1. The number of fused-ring (bicyclic) bond motifs is 1. The van der Waals surface area contributed by atoms with Gasteiger partial charge in [0, 0.05) is 25.6 Å². The number of anilines is 2. The van der Waals surface area contributed by atoms with Crippen LogP contribution in [0.2, 0.25) is 0 Å². The highest BCUT2D eigenvalue weighted by Gasteiger charge is 2.08. The number of nitrogens with zero attached hydrogens (tertiary/aromatic N) is 1. The summed E-state index contributed by atoms with van der Waals surface area (Å²) < 4.78 is 5.98. The molecule has 3 rings (SSSR count). The smallest absolute Gasteiger partial charge is 0.407 e. The SMILES string of the molecule is CC(=O)Nc1nc2ccc(NC(=O)CCCNC(=O)OCc3ccccc3)cc2s1. The van der Waals surface area contributed by atoms with Crippen molar-refractivity contribution < 1.29 is 19.1 Å². The fourth-order valence-electron chi connectivity index (χ4n) is 2.64. The van der Waals surface area contributed by atoms with Gasteiger partial charge in [0.05, 0.1) is 10.2 Å². The summed E-state index contributed by atoms with van der Waals surface area (Å²) in [6, 6.07) is 14.8. The highest BCUT2D eigenvalue weighted by Crippen LogP contribution is 2.28. The normalized spacial score (nSPS) is 10.4. The summed E-state index contributed by atoms with van der Waals surface area (Å²) in [5, 5.41) is 8.63. The lowest BCUT2D eigenvalue weighted by molar-refractivity contribution is -0.116. The van der Waals surface area contributed by atoms with Crippen molar-refractivity contribution in [3.05, 3.63) is 54.1 Å². The number of alkyl carbamates (subject to hydrolysis) is 1. The van der Waals surface area contributed by atoms with Crippen LogP contribution in [0, 0.1) is 0 Å². The van der Waals surface area contributed by atoms with Gasteiger partial charge in [-0.2, -0.15) is 0 Å². The van der Waals surface area contributed by atoms with Crippen LogP contribution in [0.4, 0.5) is 15.6 Å². The van der Waals surface area contributed by atoms with Crippen molar-refractivity contribution in [2.45, 2.75) is 26.4 Å². The second-order valence-corrected chi connectivity index (χ2v) is 7.55. The third-order valence-corrected chi connectivity index (χ3v) is 4.95. The van der Waals surface area contributed by atoms with E-state index in [1.165, 1.54) is 18.3 Å². The largest absolute Gasteiger partial charge is 0.445 e. The van der Waals surface area contributed by atoms with Crippen molar-refractivity contribution in [1.82, 2.24) is 10.3 Å². The molecule has 0 fully saturated rings. The Morgan fingerprint density at radius 3 is 2.63 bits per heavy atom. The molecule has 0 aliphatic carbocycles. The Morgan fingerprint density at radius 2 is 1.87 bits per heavy atom. The van der Waals surface area contributed by atoms with Gasteiger partial charge in [-0.05, 0) is 30.2 Å². The van der Waals surface area contributed by atoms with Gasteiger partial charge in [-0.1, -0.05) is 41.7 Å². The minimum absolute atomic E-state index is 0.152. The number of thiazole rings is 1. The monoisotopic (exact) mass is 426 g/mol. The number of ether oxygens (including phenoxy) is 1. The number of aromatic nitrogens is 1. The molecular weight excluding hydrogens is 404 g/mol. The molecule has 0 aliphatic rings. The summed E-state index contributed by atoms with van der Waals surface area (Å²) in [5.41, 5.74) is 2.31. The lowest BCUT2D eigenvalue weighted by Gasteiger charge is -2.08. The maximum absolute atomic E-state index is 12.1. The number of amides is 3. The Bertz CT molecular complexity index is 1040. The first-order valence-corrected chi connectivity index (χ1v) is 10.2. The van der Waals surface area contributed by atoms with Gasteiger partial charge in [0.1, 0.15) is 6.61 Å². The van der Waals surface area contributed by atoms with Crippen molar-refractivity contribution in [1.29, 1.82) is 0 Å². The Balaban J connectivity index is 1.38. The van der Waals surface area contributed by atoms with E-state index in [1.54, 1.807) is 12.1 Å². The zero-order chi connectivity index (χ0) is 21.3. The number of hydrogen-bond acceptors (Lipinski definition) is 6. The van der Waals surface area contributed by atoms with Gasteiger partial charge in [0.2, 0.25) is 11.8 Å². The van der Waals surface area contributed by atoms with E-state index in [0.717, 1.165) is 15.8 Å². The first-order chi connectivity index (χ1) is 14.5. The van der Waals surface area contributed by atoms with Crippen LogP contribution in [-0.2, 0) is 20.9 Å². The number of benzene rings is 2. The molecule has 156 valence electrons. The highest BCUT2D eigenvalue weighted by atomic mass is 32.1. The quantitative estimate of drug-likeness (QED) is 0.473. The van der Waals surface area contributed by atoms with Crippen molar-refractivity contribution in [3.63, 3.8) is 0 Å². The third kappa shape index (κ3) is 6.56. The molecule has 0 bridgehead atoms. The minimum Gasteiger partial charge on any atom is -0.445 e. The number of carbonyl (C=O) groups excluding carboxylic acids is 3. The van der Waals surface area contributed by atoms with Gasteiger partial charge >= 0.3 is 6.09 Å². The zero-order valence-electron chi connectivity index (χ0n) is 16.4. The molecule has 0 saturated heterocycles. The molecule has 30 heavy (non-hydrogen) atoms. The molecule has 1 heterocycles. The Kier molecular flexibility index (Phi) is 7.34. The molecule has 0 radical (unpaired) electrons. The van der Waals surface area contributed by atoms with Gasteiger partial charge in [-0.3, -0.25) is 9.59 Å². The summed E-state index contributed by atoms with van der Waals surface area (Å²) >= 11 is 1.34. The maximum Gasteiger partial charge on any atom is 0.407 e. The molecule has 3 amide bonds. The van der Waals surface area contributed by atoms with Crippen molar-refractivity contribution in [3.8, 4) is 0 Å². The molecule has 1 aromatic heterocycles. The summed E-state index contributed by atoms with van der Waals surface area (Å²) in [6.45, 7) is 1.97. The lowest BCUT2D eigenvalue weighted by atomic mass is 10.2. The summed E-state index contributed by atoms with van der Waals surface area (Å²) in [6.07, 6.45) is 0.239. The molecule has 3 aromatic rings. The van der Waals surface area contributed by atoms with E-state index in [-0.39, 0.29) is 24.8 Å². The fraction of sp³-hybridized carbons (Fsp3) is 0.238. The first-order valence-electron chi connectivity index (χ1n) is 9.42. The van der Waals surface area contributed by atoms with Crippen LogP contribution < -0.4 is 16.0 Å². The molecule has 2 aromatic carbocycles. The molecule has 0 saturated carbocycles. The van der Waals surface area contributed by atoms with Crippen LogP contribution >= 0.6 is 11.3 Å². The van der Waals surface area contributed by atoms with Gasteiger partial charge in [0.25, 0.3) is 0 Å². The predicted molar refractivity (Wildman–Crippen MR) is 116 cm³/mol. The standard InChI is InChI=1S/C21H22N4O4S/c1-14(26)23-20-25-17-10-9-16(12-18(17)30-20)24-19(27)8-5-11-22-21(28)29-13-15-6-3-2-4-7-15/h2-4,6-7,9-10,12H,5,8,11,13H2,1H3,(H,22,28)(H,24,27)(H,23,25,26). The number of hydrogen-bond donors (Lipinski definition) is 3. The Morgan fingerprint density at radius 1 is 1.07 bits per heavy atom. The van der Waals surface area contributed by atoms with E-state index in [9.17, 15) is 14.4 Å². The van der Waals surface area contributed by atoms with Crippen LogP contribution in [-0.4, -0.2) is 29.4 Å².